The minimum atomic E-state index is -0.580. The van der Waals surface area contributed by atoms with Crippen LogP contribution >= 0.6 is 0 Å². The van der Waals surface area contributed by atoms with E-state index in [0.29, 0.717) is 36.1 Å². The SMILES string of the molecule is CCOc1cc(C(=O)OC)cc(N/C=C(\C#N)C(=O)Nc2ccccc2)c1OCC. The summed E-state index contributed by atoms with van der Waals surface area (Å²) in [5.41, 5.74) is 0.976. The summed E-state index contributed by atoms with van der Waals surface area (Å²) in [6.45, 7) is 4.30. The molecule has 0 atom stereocenters. The van der Waals surface area contributed by atoms with Crippen molar-refractivity contribution < 1.29 is 23.8 Å². The molecule has 8 nitrogen and oxygen atoms in total. The molecule has 2 aromatic rings. The van der Waals surface area contributed by atoms with Crippen molar-refractivity contribution in [1.29, 1.82) is 5.26 Å². The predicted octanol–water partition coefficient (Wildman–Crippen LogP) is 3.73. The zero-order chi connectivity index (χ0) is 21.9. The number of hydrogen-bond acceptors (Lipinski definition) is 7. The zero-order valence-corrected chi connectivity index (χ0v) is 17.0. The number of rotatable bonds is 9. The molecule has 0 radical (unpaired) electrons. The van der Waals surface area contributed by atoms with Crippen molar-refractivity contribution in [1.82, 2.24) is 0 Å². The fourth-order valence-electron chi connectivity index (χ4n) is 2.52. The number of nitrogens with zero attached hydrogens (tertiary/aromatic N) is 1. The van der Waals surface area contributed by atoms with Gasteiger partial charge in [-0.05, 0) is 38.1 Å². The molecule has 0 aliphatic heterocycles. The van der Waals surface area contributed by atoms with Gasteiger partial charge < -0.3 is 24.8 Å². The molecule has 0 bridgehead atoms. The van der Waals surface area contributed by atoms with Crippen LogP contribution in [0.2, 0.25) is 0 Å². The summed E-state index contributed by atoms with van der Waals surface area (Å²) in [5, 5.41) is 14.9. The number of carbonyl (C=O) groups excluding carboxylic acids is 2. The minimum absolute atomic E-state index is 0.164. The molecule has 0 unspecified atom stereocenters. The Balaban J connectivity index is 2.37. The molecule has 0 saturated carbocycles. The van der Waals surface area contributed by atoms with Crippen molar-refractivity contribution in [3.05, 3.63) is 59.8 Å². The summed E-state index contributed by atoms with van der Waals surface area (Å²) in [7, 11) is 1.27. The van der Waals surface area contributed by atoms with Gasteiger partial charge in [-0.2, -0.15) is 5.26 Å². The molecule has 156 valence electrons. The second-order valence-electron chi connectivity index (χ2n) is 5.84. The Hall–Kier alpha value is -3.99. The first-order valence-electron chi connectivity index (χ1n) is 9.29. The molecule has 0 spiro atoms. The Bertz CT molecular complexity index is 965. The van der Waals surface area contributed by atoms with Gasteiger partial charge in [0.1, 0.15) is 11.6 Å². The molecular weight excluding hydrogens is 386 g/mol. The molecule has 2 rings (SSSR count). The lowest BCUT2D eigenvalue weighted by Gasteiger charge is -2.16. The fourth-order valence-corrected chi connectivity index (χ4v) is 2.52. The van der Waals surface area contributed by atoms with Gasteiger partial charge in [0, 0.05) is 11.9 Å². The van der Waals surface area contributed by atoms with Crippen molar-refractivity contribution >= 4 is 23.3 Å². The van der Waals surface area contributed by atoms with Gasteiger partial charge >= 0.3 is 5.97 Å². The number of nitriles is 1. The van der Waals surface area contributed by atoms with Crippen LogP contribution in [0.25, 0.3) is 0 Å². The molecule has 2 aromatic carbocycles. The third-order valence-electron chi connectivity index (χ3n) is 3.83. The summed E-state index contributed by atoms with van der Waals surface area (Å²) >= 11 is 0. The number of amides is 1. The molecule has 0 aliphatic carbocycles. The van der Waals surface area contributed by atoms with Gasteiger partial charge in [-0.1, -0.05) is 18.2 Å². The second-order valence-corrected chi connectivity index (χ2v) is 5.84. The van der Waals surface area contributed by atoms with E-state index in [-0.39, 0.29) is 11.1 Å². The van der Waals surface area contributed by atoms with Gasteiger partial charge in [0.15, 0.2) is 11.5 Å². The first kappa shape index (κ1) is 22.3. The average molecular weight is 409 g/mol. The Morgan fingerprint density at radius 1 is 1.10 bits per heavy atom. The molecule has 0 heterocycles. The lowest BCUT2D eigenvalue weighted by molar-refractivity contribution is -0.112. The first-order valence-corrected chi connectivity index (χ1v) is 9.29. The third-order valence-corrected chi connectivity index (χ3v) is 3.83. The molecule has 30 heavy (non-hydrogen) atoms. The summed E-state index contributed by atoms with van der Waals surface area (Å²) in [4.78, 5) is 24.4. The smallest absolute Gasteiger partial charge is 0.338 e. The topological polar surface area (TPSA) is 110 Å². The number of hydrogen-bond donors (Lipinski definition) is 2. The first-order chi connectivity index (χ1) is 14.5. The molecule has 0 aliphatic rings. The summed E-state index contributed by atoms with van der Waals surface area (Å²) in [6, 6.07) is 13.6. The van der Waals surface area contributed by atoms with E-state index in [9.17, 15) is 14.9 Å². The van der Waals surface area contributed by atoms with Gasteiger partial charge in [0.05, 0.1) is 31.6 Å². The minimum Gasteiger partial charge on any atom is -0.490 e. The summed E-state index contributed by atoms with van der Waals surface area (Å²) in [5.74, 6) is -0.453. The molecule has 1 amide bonds. The highest BCUT2D eigenvalue weighted by Gasteiger charge is 2.18. The second kappa shape index (κ2) is 11.1. The van der Waals surface area contributed by atoms with Gasteiger partial charge in [0.2, 0.25) is 0 Å². The normalized spacial score (nSPS) is 10.5. The number of nitrogens with one attached hydrogen (secondary N) is 2. The van der Waals surface area contributed by atoms with Gasteiger partial charge in [-0.3, -0.25) is 4.79 Å². The van der Waals surface area contributed by atoms with Crippen LogP contribution in [-0.4, -0.2) is 32.2 Å². The highest BCUT2D eigenvalue weighted by molar-refractivity contribution is 6.06. The number of anilines is 2. The van der Waals surface area contributed by atoms with Crippen LogP contribution in [0, 0.1) is 11.3 Å². The van der Waals surface area contributed by atoms with Gasteiger partial charge in [-0.25, -0.2) is 4.79 Å². The third kappa shape index (κ3) is 5.75. The van der Waals surface area contributed by atoms with E-state index in [4.69, 9.17) is 14.2 Å². The van der Waals surface area contributed by atoms with Crippen molar-refractivity contribution in [2.24, 2.45) is 0 Å². The summed E-state index contributed by atoms with van der Waals surface area (Å²) in [6.07, 6.45) is 1.24. The quantitative estimate of drug-likeness (QED) is 0.369. The maximum absolute atomic E-state index is 12.4. The number of benzene rings is 2. The van der Waals surface area contributed by atoms with E-state index in [1.54, 1.807) is 38.1 Å². The van der Waals surface area contributed by atoms with Gasteiger partial charge in [0.25, 0.3) is 5.91 Å². The number of esters is 1. The maximum atomic E-state index is 12.4. The fraction of sp³-hybridized carbons (Fsp3) is 0.227. The van der Waals surface area contributed by atoms with E-state index in [1.165, 1.54) is 25.4 Å². The predicted molar refractivity (Wildman–Crippen MR) is 113 cm³/mol. The maximum Gasteiger partial charge on any atom is 0.338 e. The Labute approximate surface area is 175 Å². The van der Waals surface area contributed by atoms with Crippen LogP contribution in [0.3, 0.4) is 0 Å². The van der Waals surface area contributed by atoms with Crippen LogP contribution in [0.15, 0.2) is 54.2 Å². The number of methoxy groups -OCH3 is 1. The Kier molecular flexibility index (Phi) is 8.27. The van der Waals surface area contributed by atoms with Gasteiger partial charge in [-0.15, -0.1) is 0 Å². The average Bonchev–Trinajstić information content (AvgIpc) is 2.76. The Morgan fingerprint density at radius 2 is 1.80 bits per heavy atom. The van der Waals surface area contributed by atoms with Crippen LogP contribution in [0.1, 0.15) is 24.2 Å². The van der Waals surface area contributed by atoms with E-state index < -0.39 is 11.9 Å². The Morgan fingerprint density at radius 3 is 2.40 bits per heavy atom. The zero-order valence-electron chi connectivity index (χ0n) is 17.0. The monoisotopic (exact) mass is 409 g/mol. The molecule has 0 saturated heterocycles. The van der Waals surface area contributed by atoms with E-state index >= 15 is 0 Å². The van der Waals surface area contributed by atoms with E-state index in [1.807, 2.05) is 12.1 Å². The van der Waals surface area contributed by atoms with Crippen molar-refractivity contribution in [2.45, 2.75) is 13.8 Å². The highest BCUT2D eigenvalue weighted by atomic mass is 16.5. The van der Waals surface area contributed by atoms with Crippen LogP contribution in [-0.2, 0) is 9.53 Å². The molecule has 8 heteroatoms. The van der Waals surface area contributed by atoms with E-state index in [2.05, 4.69) is 10.6 Å². The highest BCUT2D eigenvalue weighted by Crippen LogP contribution is 2.37. The molecule has 0 fully saturated rings. The number of carbonyl (C=O) groups is 2. The van der Waals surface area contributed by atoms with Crippen LogP contribution < -0.4 is 20.1 Å². The lowest BCUT2D eigenvalue weighted by atomic mass is 10.1. The molecule has 0 aromatic heterocycles. The van der Waals surface area contributed by atoms with Crippen LogP contribution in [0.4, 0.5) is 11.4 Å². The van der Waals surface area contributed by atoms with E-state index in [0.717, 1.165) is 0 Å². The largest absolute Gasteiger partial charge is 0.490 e. The van der Waals surface area contributed by atoms with Crippen molar-refractivity contribution in [3.63, 3.8) is 0 Å². The van der Waals surface area contributed by atoms with Crippen molar-refractivity contribution in [3.8, 4) is 17.6 Å². The molecule has 2 N–H and O–H groups in total. The number of para-hydroxylation sites is 1. The van der Waals surface area contributed by atoms with Crippen LogP contribution in [0.5, 0.6) is 11.5 Å². The lowest BCUT2D eigenvalue weighted by Crippen LogP contribution is -2.14. The van der Waals surface area contributed by atoms with Crippen molar-refractivity contribution in [2.75, 3.05) is 31.0 Å². The molecular formula is C22H23N3O5. The summed E-state index contributed by atoms with van der Waals surface area (Å²) < 4.78 is 16.0. The number of ether oxygens (including phenoxy) is 3. The standard InChI is InChI=1S/C22H23N3O5/c1-4-29-19-12-15(22(27)28-3)11-18(20(19)30-5-2)24-14-16(13-23)21(26)25-17-9-7-6-8-10-17/h6-12,14,24H,4-5H2,1-3H3,(H,25,26)/b16-14+.